The third kappa shape index (κ3) is 3.67. The maximum atomic E-state index is 12.1. The minimum Gasteiger partial charge on any atom is -0.469 e. The summed E-state index contributed by atoms with van der Waals surface area (Å²) in [5.74, 6) is -0.473. The molecule has 0 saturated carbocycles. The average Bonchev–Trinajstić information content (AvgIpc) is 2.37. The van der Waals surface area contributed by atoms with Gasteiger partial charge in [-0.25, -0.2) is 0 Å². The van der Waals surface area contributed by atoms with Gasteiger partial charge >= 0.3 is 5.97 Å². The zero-order chi connectivity index (χ0) is 13.7. The van der Waals surface area contributed by atoms with E-state index in [1.165, 1.54) is 7.11 Å². The molecule has 0 spiro atoms. The lowest BCUT2D eigenvalue weighted by Gasteiger charge is -2.12. The van der Waals surface area contributed by atoms with Crippen LogP contribution in [0.15, 0.2) is 18.2 Å². The molecule has 1 atom stereocenters. The fourth-order valence-electron chi connectivity index (χ4n) is 1.71. The minimum atomic E-state index is -0.662. The second-order valence-electron chi connectivity index (χ2n) is 4.40. The molecule has 1 rings (SSSR count). The van der Waals surface area contributed by atoms with Crippen LogP contribution in [-0.2, 0) is 9.53 Å². The molecule has 1 aromatic carbocycles. The largest absolute Gasteiger partial charge is 0.469 e. The number of rotatable bonds is 5. The van der Waals surface area contributed by atoms with Crippen molar-refractivity contribution in [2.45, 2.75) is 32.7 Å². The Morgan fingerprint density at radius 1 is 1.33 bits per heavy atom. The Morgan fingerprint density at radius 3 is 2.61 bits per heavy atom. The van der Waals surface area contributed by atoms with E-state index in [0.29, 0.717) is 12.0 Å². The van der Waals surface area contributed by atoms with E-state index in [2.05, 4.69) is 4.74 Å². The number of aryl methyl sites for hydroxylation is 2. The van der Waals surface area contributed by atoms with Crippen molar-refractivity contribution in [1.82, 2.24) is 0 Å². The highest BCUT2D eigenvalue weighted by molar-refractivity contribution is 6.01. The van der Waals surface area contributed by atoms with Crippen LogP contribution in [0.1, 0.15) is 34.3 Å². The molecule has 4 heteroatoms. The maximum Gasteiger partial charge on any atom is 0.305 e. The van der Waals surface area contributed by atoms with Gasteiger partial charge in [-0.3, -0.25) is 9.59 Å². The summed E-state index contributed by atoms with van der Waals surface area (Å²) in [5, 5.41) is 0. The van der Waals surface area contributed by atoms with Crippen LogP contribution in [0.3, 0.4) is 0 Å². The third-order valence-corrected chi connectivity index (χ3v) is 2.88. The molecule has 98 valence electrons. The first-order valence-corrected chi connectivity index (χ1v) is 5.89. The van der Waals surface area contributed by atoms with E-state index in [1.807, 2.05) is 32.0 Å². The summed E-state index contributed by atoms with van der Waals surface area (Å²) in [6.07, 6.45) is 0.465. The van der Waals surface area contributed by atoms with Gasteiger partial charge in [-0.15, -0.1) is 0 Å². The first kappa shape index (κ1) is 14.4. The molecule has 0 aliphatic rings. The Morgan fingerprint density at radius 2 is 2.00 bits per heavy atom. The number of ketones is 1. The molecule has 0 heterocycles. The fraction of sp³-hybridized carbons (Fsp3) is 0.429. The van der Waals surface area contributed by atoms with Crippen molar-refractivity contribution in [3.05, 3.63) is 34.9 Å². The normalized spacial score (nSPS) is 12.0. The molecule has 2 N–H and O–H groups in total. The summed E-state index contributed by atoms with van der Waals surface area (Å²) >= 11 is 0. The Labute approximate surface area is 107 Å². The Kier molecular flexibility index (Phi) is 5.04. The highest BCUT2D eigenvalue weighted by Gasteiger charge is 2.18. The van der Waals surface area contributed by atoms with E-state index in [0.717, 1.165) is 11.1 Å². The van der Waals surface area contributed by atoms with E-state index in [1.54, 1.807) is 0 Å². The van der Waals surface area contributed by atoms with Crippen LogP contribution in [0.5, 0.6) is 0 Å². The van der Waals surface area contributed by atoms with Crippen LogP contribution in [0.25, 0.3) is 0 Å². The minimum absolute atomic E-state index is 0.125. The highest BCUT2D eigenvalue weighted by atomic mass is 16.5. The van der Waals surface area contributed by atoms with Gasteiger partial charge in [0.2, 0.25) is 0 Å². The molecule has 0 amide bonds. The number of esters is 1. The molecule has 0 fully saturated rings. The van der Waals surface area contributed by atoms with Gasteiger partial charge in [0.05, 0.1) is 13.2 Å². The molecule has 18 heavy (non-hydrogen) atoms. The summed E-state index contributed by atoms with van der Waals surface area (Å²) in [4.78, 5) is 23.1. The number of methoxy groups -OCH3 is 1. The molecule has 0 radical (unpaired) electrons. The van der Waals surface area contributed by atoms with E-state index >= 15 is 0 Å². The van der Waals surface area contributed by atoms with Crippen LogP contribution in [0.2, 0.25) is 0 Å². The lowest BCUT2D eigenvalue weighted by molar-refractivity contribution is -0.140. The summed E-state index contributed by atoms with van der Waals surface area (Å²) in [6.45, 7) is 3.80. The predicted octanol–water partition coefficient (Wildman–Crippen LogP) is 1.77. The van der Waals surface area contributed by atoms with Crippen LogP contribution in [0.4, 0.5) is 0 Å². The van der Waals surface area contributed by atoms with E-state index in [-0.39, 0.29) is 18.2 Å². The summed E-state index contributed by atoms with van der Waals surface area (Å²) in [6, 6.07) is 5.02. The van der Waals surface area contributed by atoms with E-state index in [4.69, 9.17) is 5.73 Å². The average molecular weight is 249 g/mol. The molecule has 0 saturated heterocycles. The van der Waals surface area contributed by atoms with Gasteiger partial charge in [-0.2, -0.15) is 0 Å². The van der Waals surface area contributed by atoms with Gasteiger partial charge in [0.25, 0.3) is 0 Å². The van der Waals surface area contributed by atoms with Crippen molar-refractivity contribution in [2.24, 2.45) is 5.73 Å². The lowest BCUT2D eigenvalue weighted by Crippen LogP contribution is -2.31. The van der Waals surface area contributed by atoms with Crippen LogP contribution in [0, 0.1) is 13.8 Å². The first-order chi connectivity index (χ1) is 8.45. The lowest BCUT2D eigenvalue weighted by atomic mass is 9.96. The van der Waals surface area contributed by atoms with Gasteiger partial charge in [0.15, 0.2) is 5.78 Å². The Balaban J connectivity index is 2.74. The molecule has 0 aliphatic heterocycles. The van der Waals surface area contributed by atoms with Gasteiger partial charge in [0.1, 0.15) is 0 Å². The van der Waals surface area contributed by atoms with Crippen LogP contribution in [-0.4, -0.2) is 24.9 Å². The molecular formula is C14H19NO3. The van der Waals surface area contributed by atoms with E-state index in [9.17, 15) is 9.59 Å². The zero-order valence-corrected chi connectivity index (χ0v) is 11.0. The van der Waals surface area contributed by atoms with Gasteiger partial charge in [-0.1, -0.05) is 17.7 Å². The Hall–Kier alpha value is -1.68. The number of carbonyl (C=O) groups excluding carboxylic acids is 2. The number of ether oxygens (including phenoxy) is 1. The van der Waals surface area contributed by atoms with Crippen molar-refractivity contribution >= 4 is 11.8 Å². The monoisotopic (exact) mass is 249 g/mol. The smallest absolute Gasteiger partial charge is 0.305 e. The van der Waals surface area contributed by atoms with Gasteiger partial charge < -0.3 is 10.5 Å². The molecule has 0 aliphatic carbocycles. The molecule has 1 aromatic rings. The van der Waals surface area contributed by atoms with Gasteiger partial charge in [0, 0.05) is 12.0 Å². The SMILES string of the molecule is COC(=O)CCC(N)C(=O)c1cc(C)ccc1C. The van der Waals surface area contributed by atoms with Crippen molar-refractivity contribution in [3.8, 4) is 0 Å². The van der Waals surface area contributed by atoms with Crippen molar-refractivity contribution in [1.29, 1.82) is 0 Å². The molecule has 0 aromatic heterocycles. The van der Waals surface area contributed by atoms with Crippen molar-refractivity contribution in [2.75, 3.05) is 7.11 Å². The van der Waals surface area contributed by atoms with Crippen LogP contribution < -0.4 is 5.73 Å². The molecule has 0 bridgehead atoms. The third-order valence-electron chi connectivity index (χ3n) is 2.88. The zero-order valence-electron chi connectivity index (χ0n) is 11.0. The van der Waals surface area contributed by atoms with Crippen molar-refractivity contribution in [3.63, 3.8) is 0 Å². The van der Waals surface area contributed by atoms with Crippen LogP contribution >= 0.6 is 0 Å². The number of Topliss-reactive ketones (excluding diaryl/α,β-unsaturated/α-hetero) is 1. The number of benzene rings is 1. The number of nitrogens with two attached hydrogens (primary N) is 1. The molecule has 1 unspecified atom stereocenters. The predicted molar refractivity (Wildman–Crippen MR) is 69.5 cm³/mol. The fourth-order valence-corrected chi connectivity index (χ4v) is 1.71. The number of carbonyl (C=O) groups is 2. The first-order valence-electron chi connectivity index (χ1n) is 5.89. The summed E-state index contributed by atoms with van der Waals surface area (Å²) < 4.78 is 4.52. The standard InChI is InChI=1S/C14H19NO3/c1-9-4-5-10(2)11(8-9)14(17)12(15)6-7-13(16)18-3/h4-5,8,12H,6-7,15H2,1-3H3. The molecular weight excluding hydrogens is 230 g/mol. The number of hydrogen-bond donors (Lipinski definition) is 1. The summed E-state index contributed by atoms with van der Waals surface area (Å²) in [7, 11) is 1.32. The quantitative estimate of drug-likeness (QED) is 0.637. The maximum absolute atomic E-state index is 12.1. The van der Waals surface area contributed by atoms with Crippen molar-refractivity contribution < 1.29 is 14.3 Å². The molecule has 4 nitrogen and oxygen atoms in total. The second kappa shape index (κ2) is 6.31. The highest BCUT2D eigenvalue weighted by Crippen LogP contribution is 2.14. The summed E-state index contributed by atoms with van der Waals surface area (Å²) in [5.41, 5.74) is 8.37. The Bertz CT molecular complexity index is 454. The second-order valence-corrected chi connectivity index (χ2v) is 4.40. The topological polar surface area (TPSA) is 69.4 Å². The van der Waals surface area contributed by atoms with Gasteiger partial charge in [-0.05, 0) is 31.9 Å². The number of hydrogen-bond acceptors (Lipinski definition) is 4. The van der Waals surface area contributed by atoms with E-state index < -0.39 is 6.04 Å².